The number of likely N-dealkylation sites (N-methyl/N-ethyl adjacent to an activating group) is 1. The van der Waals surface area contributed by atoms with Gasteiger partial charge in [-0.15, -0.1) is 0 Å². The fourth-order valence-corrected chi connectivity index (χ4v) is 4.40. The summed E-state index contributed by atoms with van der Waals surface area (Å²) in [6, 6.07) is 10.4. The van der Waals surface area contributed by atoms with Crippen LogP contribution in [0.25, 0.3) is 27.8 Å². The van der Waals surface area contributed by atoms with E-state index in [9.17, 15) is 0 Å². The molecule has 7 nitrogen and oxygen atoms in total. The van der Waals surface area contributed by atoms with Crippen LogP contribution in [0.2, 0.25) is 0 Å². The minimum absolute atomic E-state index is 0.317. The lowest BCUT2D eigenvalue weighted by atomic mass is 10.1. The molecule has 7 heteroatoms. The smallest absolute Gasteiger partial charge is 0.150 e. The van der Waals surface area contributed by atoms with Gasteiger partial charge >= 0.3 is 0 Å². The molecule has 4 heterocycles. The van der Waals surface area contributed by atoms with Gasteiger partial charge in [0.05, 0.1) is 5.69 Å². The van der Waals surface area contributed by atoms with Gasteiger partial charge in [0.2, 0.25) is 0 Å². The van der Waals surface area contributed by atoms with Gasteiger partial charge in [-0.1, -0.05) is 25.1 Å². The summed E-state index contributed by atoms with van der Waals surface area (Å²) in [5, 5.41) is 1.17. The van der Waals surface area contributed by atoms with Gasteiger partial charge in [0.1, 0.15) is 22.9 Å². The zero-order valence-electron chi connectivity index (χ0n) is 17.7. The van der Waals surface area contributed by atoms with Crippen LogP contribution in [0, 0.1) is 0 Å². The quantitative estimate of drug-likeness (QED) is 0.535. The first kappa shape index (κ1) is 19.1. The maximum absolute atomic E-state index is 6.31. The van der Waals surface area contributed by atoms with E-state index in [2.05, 4.69) is 56.3 Å². The number of nitrogens with zero attached hydrogens (tertiary/aromatic N) is 5. The Balaban J connectivity index is 1.47. The molecule has 0 bridgehead atoms. The third-order valence-electron chi connectivity index (χ3n) is 6.31. The number of fused-ring (bicyclic) bond motifs is 2. The number of anilines is 1. The highest BCUT2D eigenvalue weighted by Crippen LogP contribution is 2.32. The minimum atomic E-state index is 0.317. The molecule has 1 unspecified atom stereocenters. The number of para-hydroxylation sites is 1. The molecule has 1 atom stereocenters. The number of nitrogens with one attached hydrogen (secondary N) is 1. The third kappa shape index (κ3) is 3.44. The zero-order chi connectivity index (χ0) is 20.7. The van der Waals surface area contributed by atoms with Gasteiger partial charge in [0.15, 0.2) is 0 Å². The normalized spacial score (nSPS) is 17.1. The predicted molar refractivity (Wildman–Crippen MR) is 122 cm³/mol. The van der Waals surface area contributed by atoms with Gasteiger partial charge in [0.25, 0.3) is 0 Å². The molecule has 0 saturated carbocycles. The predicted octanol–water partition coefficient (Wildman–Crippen LogP) is 3.20. The van der Waals surface area contributed by atoms with E-state index in [0.717, 1.165) is 67.4 Å². The highest BCUT2D eigenvalue weighted by atomic mass is 15.2. The first-order valence-electron chi connectivity index (χ1n) is 10.7. The molecule has 30 heavy (non-hydrogen) atoms. The average Bonchev–Trinajstić information content (AvgIpc) is 3.35. The van der Waals surface area contributed by atoms with E-state index in [-0.39, 0.29) is 0 Å². The largest absolute Gasteiger partial charge is 0.382 e. The summed E-state index contributed by atoms with van der Waals surface area (Å²) in [4.78, 5) is 17.9. The number of H-pyrrole nitrogens is 1. The van der Waals surface area contributed by atoms with Crippen molar-refractivity contribution < 1.29 is 0 Å². The molecule has 1 aliphatic heterocycles. The number of aromatic nitrogens is 4. The van der Waals surface area contributed by atoms with Crippen LogP contribution in [0.15, 0.2) is 42.7 Å². The van der Waals surface area contributed by atoms with Crippen molar-refractivity contribution in [3.05, 3.63) is 48.5 Å². The summed E-state index contributed by atoms with van der Waals surface area (Å²) in [6.45, 7) is 7.93. The number of rotatable bonds is 5. The number of imidazole rings is 1. The maximum Gasteiger partial charge on any atom is 0.150 e. The molecule has 0 radical (unpaired) electrons. The van der Waals surface area contributed by atoms with Gasteiger partial charge < -0.3 is 20.5 Å². The Morgan fingerprint density at radius 3 is 2.77 bits per heavy atom. The Bertz CT molecular complexity index is 1130. The van der Waals surface area contributed by atoms with Gasteiger partial charge in [-0.3, -0.25) is 4.40 Å². The summed E-state index contributed by atoms with van der Waals surface area (Å²) < 4.78 is 2.12. The Morgan fingerprint density at radius 2 is 1.97 bits per heavy atom. The molecule has 1 saturated heterocycles. The zero-order valence-corrected chi connectivity index (χ0v) is 17.7. The number of benzene rings is 1. The standard InChI is InChI=1S/C23H29N7/c1-16(7-9-29-13-11-28(2)12-14-29)23-27-20(21-22(24)25-8-10-30(21)23)19-15-17-5-3-4-6-18(17)26-19/h3-6,8,10,15-16,26H,7,9,11-14H2,1-2H3,(H2,24,25). The highest BCUT2D eigenvalue weighted by molar-refractivity contribution is 5.91. The van der Waals surface area contributed by atoms with Crippen molar-refractivity contribution in [3.63, 3.8) is 0 Å². The van der Waals surface area contributed by atoms with E-state index in [4.69, 9.17) is 10.7 Å². The summed E-state index contributed by atoms with van der Waals surface area (Å²) in [6.07, 6.45) is 4.80. The van der Waals surface area contributed by atoms with Crippen molar-refractivity contribution in [1.82, 2.24) is 29.2 Å². The molecule has 0 aliphatic carbocycles. The molecular weight excluding hydrogens is 374 g/mol. The van der Waals surface area contributed by atoms with Gasteiger partial charge in [-0.25, -0.2) is 9.97 Å². The molecule has 4 aromatic rings. The lowest BCUT2D eigenvalue weighted by Crippen LogP contribution is -2.44. The Kier molecular flexibility index (Phi) is 4.92. The van der Waals surface area contributed by atoms with Crippen molar-refractivity contribution in [2.75, 3.05) is 45.5 Å². The summed E-state index contributed by atoms with van der Waals surface area (Å²) in [5.74, 6) is 1.87. The number of nitrogen functional groups attached to an aromatic ring is 1. The van der Waals surface area contributed by atoms with Crippen molar-refractivity contribution in [2.45, 2.75) is 19.3 Å². The molecule has 5 rings (SSSR count). The monoisotopic (exact) mass is 403 g/mol. The molecule has 3 aromatic heterocycles. The van der Waals surface area contributed by atoms with Crippen LogP contribution in [-0.2, 0) is 0 Å². The summed E-state index contributed by atoms with van der Waals surface area (Å²) in [5.41, 5.74) is 10.1. The highest BCUT2D eigenvalue weighted by Gasteiger charge is 2.22. The lowest BCUT2D eigenvalue weighted by molar-refractivity contribution is 0.150. The van der Waals surface area contributed by atoms with Crippen molar-refractivity contribution in [1.29, 1.82) is 0 Å². The number of hydrogen-bond donors (Lipinski definition) is 2. The molecule has 0 amide bonds. The Hall–Kier alpha value is -2.90. The molecule has 0 spiro atoms. The van der Waals surface area contributed by atoms with Gasteiger partial charge in [-0.05, 0) is 32.1 Å². The first-order chi connectivity index (χ1) is 14.6. The van der Waals surface area contributed by atoms with Crippen LogP contribution in [0.1, 0.15) is 25.1 Å². The SMILES string of the molecule is CC(CCN1CCN(C)CC1)c1nc(-c2cc3ccccc3[nH]2)c2c(N)nccn12. The maximum atomic E-state index is 6.31. The number of hydrogen-bond acceptors (Lipinski definition) is 5. The average molecular weight is 404 g/mol. The van der Waals surface area contributed by atoms with Crippen LogP contribution in [0.5, 0.6) is 0 Å². The summed E-state index contributed by atoms with van der Waals surface area (Å²) >= 11 is 0. The van der Waals surface area contributed by atoms with E-state index < -0.39 is 0 Å². The minimum Gasteiger partial charge on any atom is -0.382 e. The Labute approximate surface area is 176 Å². The molecule has 156 valence electrons. The van der Waals surface area contributed by atoms with Gasteiger partial charge in [-0.2, -0.15) is 0 Å². The number of nitrogens with two attached hydrogens (primary N) is 1. The first-order valence-corrected chi connectivity index (χ1v) is 10.7. The van der Waals surface area contributed by atoms with Crippen LogP contribution in [0.4, 0.5) is 5.82 Å². The van der Waals surface area contributed by atoms with Gasteiger partial charge in [0, 0.05) is 55.4 Å². The van der Waals surface area contributed by atoms with E-state index in [1.165, 1.54) is 5.39 Å². The second-order valence-electron chi connectivity index (χ2n) is 8.45. The third-order valence-corrected chi connectivity index (χ3v) is 6.31. The Morgan fingerprint density at radius 1 is 1.17 bits per heavy atom. The van der Waals surface area contributed by atoms with Crippen LogP contribution < -0.4 is 5.73 Å². The molecule has 1 aliphatic rings. The fourth-order valence-electron chi connectivity index (χ4n) is 4.40. The number of piperazine rings is 1. The molecule has 3 N–H and O–H groups in total. The lowest BCUT2D eigenvalue weighted by Gasteiger charge is -2.32. The van der Waals surface area contributed by atoms with Crippen molar-refractivity contribution >= 4 is 22.2 Å². The van der Waals surface area contributed by atoms with Crippen LogP contribution >= 0.6 is 0 Å². The van der Waals surface area contributed by atoms with Crippen molar-refractivity contribution in [2.24, 2.45) is 0 Å². The molecular formula is C23H29N7. The van der Waals surface area contributed by atoms with Crippen LogP contribution in [-0.4, -0.2) is 68.9 Å². The van der Waals surface area contributed by atoms with E-state index in [0.29, 0.717) is 11.7 Å². The van der Waals surface area contributed by atoms with Crippen LogP contribution in [0.3, 0.4) is 0 Å². The second kappa shape index (κ2) is 7.74. The number of aromatic amines is 1. The van der Waals surface area contributed by atoms with E-state index >= 15 is 0 Å². The molecule has 1 fully saturated rings. The topological polar surface area (TPSA) is 78.5 Å². The molecule has 1 aromatic carbocycles. The summed E-state index contributed by atoms with van der Waals surface area (Å²) in [7, 11) is 2.20. The fraction of sp³-hybridized carbons (Fsp3) is 0.391. The van der Waals surface area contributed by atoms with E-state index in [1.54, 1.807) is 6.20 Å². The second-order valence-corrected chi connectivity index (χ2v) is 8.45. The van der Waals surface area contributed by atoms with E-state index in [1.807, 2.05) is 18.3 Å². The van der Waals surface area contributed by atoms with Crippen molar-refractivity contribution in [3.8, 4) is 11.4 Å².